The average Bonchev–Trinajstić information content (AvgIpc) is 2.86. The molecule has 0 atom stereocenters. The fourth-order valence-corrected chi connectivity index (χ4v) is 2.74. The van der Waals surface area contributed by atoms with Crippen LogP contribution in [0.5, 0.6) is 0 Å². The molecule has 0 aliphatic rings. The van der Waals surface area contributed by atoms with Gasteiger partial charge in [0.2, 0.25) is 0 Å². The normalized spacial score (nSPS) is 10.1. The Morgan fingerprint density at radius 2 is 2.21 bits per heavy atom. The molecular formula is C13H14N4OS. The zero-order valence-corrected chi connectivity index (χ0v) is 11.2. The van der Waals surface area contributed by atoms with Gasteiger partial charge in [0.15, 0.2) is 0 Å². The molecule has 0 spiro atoms. The van der Waals surface area contributed by atoms with Gasteiger partial charge in [0.1, 0.15) is 0 Å². The van der Waals surface area contributed by atoms with Crippen molar-refractivity contribution in [3.63, 3.8) is 0 Å². The predicted octanol–water partition coefficient (Wildman–Crippen LogP) is 3.72. The highest BCUT2D eigenvalue weighted by Crippen LogP contribution is 2.25. The third-order valence-corrected chi connectivity index (χ3v) is 3.72. The molecule has 1 heterocycles. The van der Waals surface area contributed by atoms with Gasteiger partial charge in [-0.1, -0.05) is 23.3 Å². The number of thiophene rings is 1. The minimum absolute atomic E-state index is 0.0405. The molecule has 6 heteroatoms. The number of nitrogens with zero attached hydrogens (tertiary/aromatic N) is 3. The van der Waals surface area contributed by atoms with E-state index in [4.69, 9.17) is 5.53 Å². The van der Waals surface area contributed by atoms with Crippen LogP contribution in [0.15, 0.2) is 34.8 Å². The predicted molar refractivity (Wildman–Crippen MR) is 77.4 cm³/mol. The van der Waals surface area contributed by atoms with Gasteiger partial charge in [-0.3, -0.25) is 4.79 Å². The Balaban J connectivity index is 1.88. The lowest BCUT2D eigenvalue weighted by Crippen LogP contribution is -2.24. The van der Waals surface area contributed by atoms with Gasteiger partial charge in [-0.2, -0.15) is 0 Å². The Kier molecular flexibility index (Phi) is 4.78. The molecule has 0 saturated carbocycles. The molecule has 1 aromatic carbocycles. The van der Waals surface area contributed by atoms with Crippen LogP contribution < -0.4 is 5.32 Å². The van der Waals surface area contributed by atoms with Crippen molar-refractivity contribution in [2.45, 2.75) is 12.8 Å². The lowest BCUT2D eigenvalue weighted by atomic mass is 10.1. The summed E-state index contributed by atoms with van der Waals surface area (Å²) in [7, 11) is 0. The molecule has 19 heavy (non-hydrogen) atoms. The van der Waals surface area contributed by atoms with Gasteiger partial charge in [-0.15, -0.1) is 11.3 Å². The molecular weight excluding hydrogens is 260 g/mol. The van der Waals surface area contributed by atoms with Crippen LogP contribution in [-0.2, 0) is 0 Å². The van der Waals surface area contributed by atoms with Crippen LogP contribution in [0.3, 0.4) is 0 Å². The summed E-state index contributed by atoms with van der Waals surface area (Å²) in [6.45, 7) is 1.08. The number of carbonyl (C=O) groups is 1. The van der Waals surface area contributed by atoms with Crippen molar-refractivity contribution in [3.8, 4) is 0 Å². The quantitative estimate of drug-likeness (QED) is 0.370. The highest BCUT2D eigenvalue weighted by molar-refractivity contribution is 7.17. The molecule has 2 aromatic rings. The number of hydrogen-bond acceptors (Lipinski definition) is 3. The van der Waals surface area contributed by atoms with E-state index in [1.165, 1.54) is 0 Å². The van der Waals surface area contributed by atoms with Crippen molar-refractivity contribution >= 4 is 27.3 Å². The highest BCUT2D eigenvalue weighted by Gasteiger charge is 2.10. The molecule has 98 valence electrons. The standard InChI is InChI=1S/C13H14N4OS/c14-17-16-8-4-3-7-15-13(18)11-9-19-12-6-2-1-5-10(11)12/h1-2,5-6,9H,3-4,7-8H2,(H,15,18). The number of amides is 1. The van der Waals surface area contributed by atoms with E-state index in [9.17, 15) is 4.79 Å². The van der Waals surface area contributed by atoms with E-state index >= 15 is 0 Å². The summed E-state index contributed by atoms with van der Waals surface area (Å²) in [6.07, 6.45) is 1.60. The van der Waals surface area contributed by atoms with Gasteiger partial charge < -0.3 is 5.32 Å². The van der Waals surface area contributed by atoms with Crippen LogP contribution >= 0.6 is 11.3 Å². The van der Waals surface area contributed by atoms with Crippen LogP contribution in [0.25, 0.3) is 20.5 Å². The molecule has 0 aliphatic carbocycles. The van der Waals surface area contributed by atoms with Crippen LogP contribution in [0, 0.1) is 0 Å². The van der Waals surface area contributed by atoms with E-state index in [0.29, 0.717) is 13.1 Å². The number of nitrogens with one attached hydrogen (secondary N) is 1. The van der Waals surface area contributed by atoms with Crippen molar-refractivity contribution in [1.82, 2.24) is 5.32 Å². The molecule has 0 fully saturated rings. The molecule has 0 saturated heterocycles. The van der Waals surface area contributed by atoms with Gasteiger partial charge in [0.05, 0.1) is 5.56 Å². The van der Waals surface area contributed by atoms with E-state index in [0.717, 1.165) is 28.5 Å². The second kappa shape index (κ2) is 6.78. The fourth-order valence-electron chi connectivity index (χ4n) is 1.80. The Labute approximate surface area is 114 Å². The van der Waals surface area contributed by atoms with Gasteiger partial charge in [0, 0.05) is 33.5 Å². The van der Waals surface area contributed by atoms with E-state index in [-0.39, 0.29) is 5.91 Å². The number of benzene rings is 1. The molecule has 1 N–H and O–H groups in total. The first-order chi connectivity index (χ1) is 9.33. The molecule has 1 aromatic heterocycles. The number of fused-ring (bicyclic) bond motifs is 1. The van der Waals surface area contributed by atoms with Crippen molar-refractivity contribution in [2.24, 2.45) is 5.11 Å². The first-order valence-electron chi connectivity index (χ1n) is 6.08. The maximum absolute atomic E-state index is 12.0. The fraction of sp³-hybridized carbons (Fsp3) is 0.308. The minimum atomic E-state index is -0.0405. The summed E-state index contributed by atoms with van der Waals surface area (Å²) in [5.41, 5.74) is 8.86. The molecule has 0 aliphatic heterocycles. The molecule has 2 rings (SSSR count). The zero-order valence-electron chi connectivity index (χ0n) is 10.4. The third kappa shape index (κ3) is 3.47. The molecule has 0 unspecified atom stereocenters. The first-order valence-corrected chi connectivity index (χ1v) is 6.96. The number of rotatable bonds is 6. The maximum Gasteiger partial charge on any atom is 0.252 e. The zero-order chi connectivity index (χ0) is 13.5. The van der Waals surface area contributed by atoms with Gasteiger partial charge in [-0.25, -0.2) is 0 Å². The summed E-state index contributed by atoms with van der Waals surface area (Å²) < 4.78 is 1.12. The molecule has 0 bridgehead atoms. The van der Waals surface area contributed by atoms with E-state index in [1.807, 2.05) is 29.6 Å². The SMILES string of the molecule is [N-]=[N+]=NCCCCNC(=O)c1csc2ccccc12. The van der Waals surface area contributed by atoms with Crippen LogP contribution in [0.4, 0.5) is 0 Å². The highest BCUT2D eigenvalue weighted by atomic mass is 32.1. The Morgan fingerprint density at radius 1 is 1.37 bits per heavy atom. The number of azide groups is 1. The number of unbranched alkanes of at least 4 members (excludes halogenated alkanes) is 1. The van der Waals surface area contributed by atoms with Crippen LogP contribution in [0.1, 0.15) is 23.2 Å². The summed E-state index contributed by atoms with van der Waals surface area (Å²) in [5.74, 6) is -0.0405. The lowest BCUT2D eigenvalue weighted by Gasteiger charge is -2.03. The molecule has 1 amide bonds. The first kappa shape index (κ1) is 13.4. The Morgan fingerprint density at radius 3 is 3.05 bits per heavy atom. The summed E-state index contributed by atoms with van der Waals surface area (Å²) in [5, 5.41) is 9.22. The van der Waals surface area contributed by atoms with Crippen molar-refractivity contribution in [2.75, 3.05) is 13.1 Å². The summed E-state index contributed by atoms with van der Waals surface area (Å²) in [6, 6.07) is 7.88. The molecule has 5 nitrogen and oxygen atoms in total. The number of hydrogen-bond donors (Lipinski definition) is 1. The Bertz CT molecular complexity index is 616. The summed E-state index contributed by atoms with van der Waals surface area (Å²) >= 11 is 1.58. The third-order valence-electron chi connectivity index (χ3n) is 2.76. The largest absolute Gasteiger partial charge is 0.352 e. The second-order valence-corrected chi connectivity index (χ2v) is 4.97. The van der Waals surface area contributed by atoms with Gasteiger partial charge in [-0.05, 0) is 24.4 Å². The van der Waals surface area contributed by atoms with Gasteiger partial charge >= 0.3 is 0 Å². The van der Waals surface area contributed by atoms with E-state index < -0.39 is 0 Å². The van der Waals surface area contributed by atoms with Crippen molar-refractivity contribution < 1.29 is 4.79 Å². The maximum atomic E-state index is 12.0. The second-order valence-electron chi connectivity index (χ2n) is 4.06. The number of carbonyl (C=O) groups excluding carboxylic acids is 1. The topological polar surface area (TPSA) is 77.9 Å². The summed E-state index contributed by atoms with van der Waals surface area (Å²) in [4.78, 5) is 14.7. The monoisotopic (exact) mass is 274 g/mol. The van der Waals surface area contributed by atoms with Crippen LogP contribution in [-0.4, -0.2) is 19.0 Å². The average molecular weight is 274 g/mol. The smallest absolute Gasteiger partial charge is 0.252 e. The van der Waals surface area contributed by atoms with E-state index in [1.54, 1.807) is 11.3 Å². The lowest BCUT2D eigenvalue weighted by molar-refractivity contribution is 0.0955. The van der Waals surface area contributed by atoms with Gasteiger partial charge in [0.25, 0.3) is 5.91 Å². The van der Waals surface area contributed by atoms with E-state index in [2.05, 4.69) is 15.3 Å². The van der Waals surface area contributed by atoms with Crippen molar-refractivity contribution in [1.29, 1.82) is 0 Å². The van der Waals surface area contributed by atoms with Crippen LogP contribution in [0.2, 0.25) is 0 Å². The van der Waals surface area contributed by atoms with Crippen molar-refractivity contribution in [3.05, 3.63) is 45.7 Å². The Hall–Kier alpha value is -2.04. The minimum Gasteiger partial charge on any atom is -0.352 e. The molecule has 0 radical (unpaired) electrons.